The Labute approximate surface area is 124 Å². The summed E-state index contributed by atoms with van der Waals surface area (Å²) in [5.74, 6) is -3.44. The molecule has 0 amide bonds. The number of rotatable bonds is 2. The van der Waals surface area contributed by atoms with Crippen LogP contribution in [0, 0.1) is 11.6 Å². The van der Waals surface area contributed by atoms with E-state index in [1.165, 1.54) is 18.2 Å². The molecule has 0 aliphatic carbocycles. The highest BCUT2D eigenvalue weighted by Gasteiger charge is 2.20. The smallest absolute Gasteiger partial charge is 0.408 e. The molecule has 4 nitrogen and oxygen atoms in total. The minimum atomic E-state index is -0.970. The minimum absolute atomic E-state index is 0.0189. The number of nitrogens with one attached hydrogen (secondary N) is 1. The first-order valence-electron chi connectivity index (χ1n) is 5.78. The lowest BCUT2D eigenvalue weighted by Gasteiger charge is -2.05. The molecule has 1 heterocycles. The van der Waals surface area contributed by atoms with Gasteiger partial charge in [0.2, 0.25) is 0 Å². The van der Waals surface area contributed by atoms with Gasteiger partial charge in [0.05, 0.1) is 11.1 Å². The number of carbonyl (C=O) groups is 1. The molecule has 3 aromatic rings. The summed E-state index contributed by atoms with van der Waals surface area (Å²) in [5, 5.41) is 0. The molecule has 21 heavy (non-hydrogen) atoms. The molecular formula is C14H6BrF2NO3. The monoisotopic (exact) mass is 353 g/mol. The van der Waals surface area contributed by atoms with Gasteiger partial charge in [0.15, 0.2) is 11.4 Å². The van der Waals surface area contributed by atoms with Crippen LogP contribution < -0.4 is 5.76 Å². The minimum Gasteiger partial charge on any atom is -0.408 e. The molecular weight excluding hydrogens is 348 g/mol. The Kier molecular flexibility index (Phi) is 3.21. The van der Waals surface area contributed by atoms with Crippen LogP contribution in [0.3, 0.4) is 0 Å². The van der Waals surface area contributed by atoms with Gasteiger partial charge >= 0.3 is 5.76 Å². The van der Waals surface area contributed by atoms with Crippen molar-refractivity contribution >= 4 is 32.8 Å². The van der Waals surface area contributed by atoms with Crippen molar-refractivity contribution in [3.63, 3.8) is 0 Å². The van der Waals surface area contributed by atoms with Crippen molar-refractivity contribution in [2.24, 2.45) is 0 Å². The van der Waals surface area contributed by atoms with E-state index in [-0.39, 0.29) is 15.6 Å². The molecule has 0 aliphatic rings. The van der Waals surface area contributed by atoms with E-state index >= 15 is 0 Å². The zero-order valence-corrected chi connectivity index (χ0v) is 11.8. The number of hydrogen-bond donors (Lipinski definition) is 1. The fourth-order valence-corrected chi connectivity index (χ4v) is 2.39. The van der Waals surface area contributed by atoms with Gasteiger partial charge in [-0.2, -0.15) is 0 Å². The Bertz CT molecular complexity index is 906. The largest absolute Gasteiger partial charge is 0.417 e. The van der Waals surface area contributed by atoms with E-state index in [2.05, 4.69) is 20.9 Å². The van der Waals surface area contributed by atoms with Gasteiger partial charge in [-0.1, -0.05) is 15.9 Å². The standard InChI is InChI=1S/C14H6BrF2NO3/c15-7-4-8(16)12(9(17)5-7)13(19)6-1-2-10-11(3-6)21-14(20)18-10/h1-5H,(H,18,20). The van der Waals surface area contributed by atoms with Crippen molar-refractivity contribution in [3.05, 3.63) is 68.1 Å². The molecule has 0 spiro atoms. The number of carbonyl (C=O) groups excluding carboxylic acids is 1. The summed E-state index contributed by atoms with van der Waals surface area (Å²) in [6, 6.07) is 6.06. The third kappa shape index (κ3) is 2.40. The van der Waals surface area contributed by atoms with Crippen LogP contribution in [0.15, 0.2) is 44.0 Å². The number of aromatic amines is 1. The van der Waals surface area contributed by atoms with E-state index < -0.39 is 28.7 Å². The molecule has 106 valence electrons. The summed E-state index contributed by atoms with van der Waals surface area (Å²) < 4.78 is 32.6. The highest BCUT2D eigenvalue weighted by Crippen LogP contribution is 2.23. The Morgan fingerprint density at radius 1 is 1.14 bits per heavy atom. The molecule has 2 aromatic carbocycles. The van der Waals surface area contributed by atoms with Crippen LogP contribution in [0.1, 0.15) is 15.9 Å². The molecule has 0 saturated heterocycles. The van der Waals surface area contributed by atoms with Crippen LogP contribution in [0.4, 0.5) is 8.78 Å². The summed E-state index contributed by atoms with van der Waals surface area (Å²) in [6.07, 6.45) is 0. The van der Waals surface area contributed by atoms with Gasteiger partial charge in [0, 0.05) is 10.0 Å². The molecule has 3 rings (SSSR count). The quantitative estimate of drug-likeness (QED) is 0.718. The van der Waals surface area contributed by atoms with E-state index in [1.54, 1.807) is 0 Å². The number of halogens is 3. The fraction of sp³-hybridized carbons (Fsp3) is 0. The predicted octanol–water partition coefficient (Wildman–Crippen LogP) is 3.39. The first kappa shape index (κ1) is 13.7. The zero-order chi connectivity index (χ0) is 15.1. The third-order valence-electron chi connectivity index (χ3n) is 2.92. The number of oxazole rings is 1. The molecule has 0 saturated carbocycles. The summed E-state index contributed by atoms with van der Waals surface area (Å²) in [4.78, 5) is 25.7. The number of aromatic nitrogens is 1. The number of ketones is 1. The summed E-state index contributed by atoms with van der Waals surface area (Å²) in [5.41, 5.74) is -0.0992. The molecule has 0 fully saturated rings. The Morgan fingerprint density at radius 2 is 1.81 bits per heavy atom. The molecule has 0 atom stereocenters. The Balaban J connectivity index is 2.14. The van der Waals surface area contributed by atoms with Crippen LogP contribution in [0.5, 0.6) is 0 Å². The molecule has 7 heteroatoms. The van der Waals surface area contributed by atoms with Crippen molar-refractivity contribution < 1.29 is 18.0 Å². The topological polar surface area (TPSA) is 63.1 Å². The van der Waals surface area contributed by atoms with E-state index in [4.69, 9.17) is 4.42 Å². The van der Waals surface area contributed by atoms with E-state index in [0.717, 1.165) is 12.1 Å². The molecule has 1 aromatic heterocycles. The van der Waals surface area contributed by atoms with Gasteiger partial charge < -0.3 is 4.42 Å². The first-order chi connectivity index (χ1) is 9.95. The lowest BCUT2D eigenvalue weighted by molar-refractivity contribution is 0.103. The second-order valence-corrected chi connectivity index (χ2v) is 5.21. The van der Waals surface area contributed by atoms with Crippen molar-refractivity contribution in [2.75, 3.05) is 0 Å². The van der Waals surface area contributed by atoms with Gasteiger partial charge in [0.1, 0.15) is 11.6 Å². The first-order valence-corrected chi connectivity index (χ1v) is 6.57. The van der Waals surface area contributed by atoms with Crippen molar-refractivity contribution in [1.82, 2.24) is 4.98 Å². The zero-order valence-electron chi connectivity index (χ0n) is 10.2. The van der Waals surface area contributed by atoms with Crippen LogP contribution in [0.2, 0.25) is 0 Å². The normalized spacial score (nSPS) is 11.0. The maximum absolute atomic E-state index is 13.8. The summed E-state index contributed by atoms with van der Waals surface area (Å²) >= 11 is 2.94. The average molecular weight is 354 g/mol. The number of fused-ring (bicyclic) bond motifs is 1. The SMILES string of the molecule is O=C(c1ccc2[nH]c(=O)oc2c1)c1c(F)cc(Br)cc1F. The van der Waals surface area contributed by atoms with Gasteiger partial charge in [-0.25, -0.2) is 13.6 Å². The second kappa shape index (κ2) is 4.92. The molecule has 0 unspecified atom stereocenters. The Hall–Kier alpha value is -2.28. The van der Waals surface area contributed by atoms with Gasteiger partial charge in [-0.05, 0) is 30.3 Å². The number of H-pyrrole nitrogens is 1. The van der Waals surface area contributed by atoms with E-state index in [0.29, 0.717) is 5.52 Å². The maximum atomic E-state index is 13.8. The Morgan fingerprint density at radius 3 is 2.48 bits per heavy atom. The van der Waals surface area contributed by atoms with Gasteiger partial charge in [-0.3, -0.25) is 9.78 Å². The van der Waals surface area contributed by atoms with Crippen molar-refractivity contribution in [2.45, 2.75) is 0 Å². The highest BCUT2D eigenvalue weighted by atomic mass is 79.9. The number of hydrogen-bond acceptors (Lipinski definition) is 3. The third-order valence-corrected chi connectivity index (χ3v) is 3.37. The van der Waals surface area contributed by atoms with Gasteiger partial charge in [-0.15, -0.1) is 0 Å². The molecule has 0 radical (unpaired) electrons. The average Bonchev–Trinajstić information content (AvgIpc) is 2.76. The van der Waals surface area contributed by atoms with Crippen LogP contribution in [0.25, 0.3) is 11.1 Å². The van der Waals surface area contributed by atoms with Crippen molar-refractivity contribution in [3.8, 4) is 0 Å². The maximum Gasteiger partial charge on any atom is 0.417 e. The lowest BCUT2D eigenvalue weighted by Crippen LogP contribution is -2.07. The van der Waals surface area contributed by atoms with Gasteiger partial charge in [0.25, 0.3) is 0 Å². The molecule has 1 N–H and O–H groups in total. The lowest BCUT2D eigenvalue weighted by atomic mass is 10.0. The summed E-state index contributed by atoms with van der Waals surface area (Å²) in [7, 11) is 0. The predicted molar refractivity (Wildman–Crippen MR) is 74.3 cm³/mol. The number of benzene rings is 2. The highest BCUT2D eigenvalue weighted by molar-refractivity contribution is 9.10. The molecule has 0 aliphatic heterocycles. The van der Waals surface area contributed by atoms with Crippen LogP contribution in [-0.4, -0.2) is 10.8 Å². The van der Waals surface area contributed by atoms with Crippen LogP contribution in [-0.2, 0) is 0 Å². The van der Waals surface area contributed by atoms with Crippen LogP contribution >= 0.6 is 15.9 Å². The second-order valence-electron chi connectivity index (χ2n) is 4.30. The van der Waals surface area contributed by atoms with E-state index in [1.807, 2.05) is 0 Å². The summed E-state index contributed by atoms with van der Waals surface area (Å²) in [6.45, 7) is 0. The van der Waals surface area contributed by atoms with Crippen molar-refractivity contribution in [1.29, 1.82) is 0 Å². The molecule has 0 bridgehead atoms. The fourth-order valence-electron chi connectivity index (χ4n) is 1.99. The van der Waals surface area contributed by atoms with E-state index in [9.17, 15) is 18.4 Å².